The number of nitrogens with zero attached hydrogens (tertiary/aromatic N) is 1. The molecule has 0 unspecified atom stereocenters. The Labute approximate surface area is 60.5 Å². The molecule has 1 heterocycles. The van der Waals surface area contributed by atoms with Crippen molar-refractivity contribution in [2.24, 2.45) is 5.73 Å². The Kier molecular flexibility index (Phi) is 2.50. The van der Waals surface area contributed by atoms with E-state index in [9.17, 15) is 0 Å². The van der Waals surface area contributed by atoms with E-state index >= 15 is 0 Å². The van der Waals surface area contributed by atoms with Crippen molar-refractivity contribution in [2.75, 3.05) is 26.3 Å². The maximum atomic E-state index is 7.13. The van der Waals surface area contributed by atoms with Gasteiger partial charge >= 0.3 is 0 Å². The van der Waals surface area contributed by atoms with Crippen LogP contribution < -0.4 is 5.73 Å². The summed E-state index contributed by atoms with van der Waals surface area (Å²) < 4.78 is 5.18. The molecule has 1 aliphatic heterocycles. The predicted octanol–water partition coefficient (Wildman–Crippen LogP) is -0.398. The van der Waals surface area contributed by atoms with Gasteiger partial charge in [-0.1, -0.05) is 0 Å². The molecule has 0 aliphatic carbocycles. The lowest BCUT2D eigenvalue weighted by Crippen LogP contribution is -2.37. The molecule has 0 aromatic carbocycles. The van der Waals surface area contributed by atoms with Gasteiger partial charge in [0.1, 0.15) is 0 Å². The van der Waals surface area contributed by atoms with Crippen LogP contribution >= 0.6 is 0 Å². The first-order chi connectivity index (χ1) is 4.80. The number of nitrogens with two attached hydrogens (primary N) is 1. The number of rotatable bonds is 0. The van der Waals surface area contributed by atoms with Crippen molar-refractivity contribution in [3.8, 4) is 0 Å². The van der Waals surface area contributed by atoms with Crippen LogP contribution in [0.4, 0.5) is 0 Å². The SMILES string of the molecule is N=C(N)N1CCCOCC1. The summed E-state index contributed by atoms with van der Waals surface area (Å²) in [6.07, 6.45) is 0.972. The zero-order valence-electron chi connectivity index (χ0n) is 5.97. The second kappa shape index (κ2) is 3.41. The molecule has 0 aromatic heterocycles. The molecule has 1 aliphatic rings. The lowest BCUT2D eigenvalue weighted by atomic mass is 10.4. The fourth-order valence-electron chi connectivity index (χ4n) is 0.987. The lowest BCUT2D eigenvalue weighted by Gasteiger charge is -2.18. The molecule has 4 nitrogen and oxygen atoms in total. The minimum absolute atomic E-state index is 0.158. The molecule has 1 rings (SSSR count). The molecule has 0 bridgehead atoms. The predicted molar refractivity (Wildman–Crippen MR) is 38.9 cm³/mol. The van der Waals surface area contributed by atoms with Crippen LogP contribution in [0.2, 0.25) is 0 Å². The Morgan fingerprint density at radius 1 is 1.40 bits per heavy atom. The quantitative estimate of drug-likeness (QED) is 0.358. The number of nitrogens with one attached hydrogen (secondary N) is 1. The fraction of sp³-hybridized carbons (Fsp3) is 0.833. The minimum atomic E-state index is 0.158. The van der Waals surface area contributed by atoms with Gasteiger partial charge in [0.2, 0.25) is 0 Å². The smallest absolute Gasteiger partial charge is 0.188 e. The van der Waals surface area contributed by atoms with Gasteiger partial charge in [0, 0.05) is 19.7 Å². The van der Waals surface area contributed by atoms with Crippen molar-refractivity contribution < 1.29 is 4.74 Å². The highest BCUT2D eigenvalue weighted by Crippen LogP contribution is 1.96. The van der Waals surface area contributed by atoms with Crippen LogP contribution in [0.25, 0.3) is 0 Å². The molecule has 1 fully saturated rings. The van der Waals surface area contributed by atoms with E-state index in [0.29, 0.717) is 6.61 Å². The zero-order chi connectivity index (χ0) is 7.40. The van der Waals surface area contributed by atoms with Crippen molar-refractivity contribution >= 4 is 5.96 Å². The first-order valence-electron chi connectivity index (χ1n) is 3.47. The van der Waals surface area contributed by atoms with E-state index < -0.39 is 0 Å². The van der Waals surface area contributed by atoms with Crippen molar-refractivity contribution in [1.29, 1.82) is 5.41 Å². The molecule has 0 amide bonds. The summed E-state index contributed by atoms with van der Waals surface area (Å²) >= 11 is 0. The molecule has 10 heavy (non-hydrogen) atoms. The normalized spacial score (nSPS) is 20.2. The second-order valence-electron chi connectivity index (χ2n) is 2.34. The summed E-state index contributed by atoms with van der Waals surface area (Å²) in [6.45, 7) is 3.11. The molecule has 0 spiro atoms. The van der Waals surface area contributed by atoms with Crippen LogP contribution in [0.1, 0.15) is 6.42 Å². The Morgan fingerprint density at radius 2 is 2.20 bits per heavy atom. The summed E-state index contributed by atoms with van der Waals surface area (Å²) in [5.41, 5.74) is 5.29. The topological polar surface area (TPSA) is 62.3 Å². The van der Waals surface area contributed by atoms with Crippen molar-refractivity contribution in [3.05, 3.63) is 0 Å². The Bertz CT molecular complexity index is 118. The molecule has 1 saturated heterocycles. The number of ether oxygens (including phenoxy) is 1. The van der Waals surface area contributed by atoms with Crippen molar-refractivity contribution in [3.63, 3.8) is 0 Å². The Morgan fingerprint density at radius 3 is 2.90 bits per heavy atom. The third-order valence-corrected chi connectivity index (χ3v) is 1.56. The Balaban J connectivity index is 2.35. The zero-order valence-corrected chi connectivity index (χ0v) is 5.97. The van der Waals surface area contributed by atoms with Gasteiger partial charge in [0.05, 0.1) is 6.61 Å². The first-order valence-corrected chi connectivity index (χ1v) is 3.47. The highest BCUT2D eigenvalue weighted by atomic mass is 16.5. The van der Waals surface area contributed by atoms with E-state index in [4.69, 9.17) is 15.9 Å². The standard InChI is InChI=1S/C6H13N3O/c7-6(8)9-2-1-4-10-5-3-9/h1-5H2,(H3,7,8). The van der Waals surface area contributed by atoms with Gasteiger partial charge in [-0.2, -0.15) is 0 Å². The average Bonchev–Trinajstić information content (AvgIpc) is 2.12. The number of hydrogen-bond donors (Lipinski definition) is 2. The summed E-state index contributed by atoms with van der Waals surface area (Å²) in [6, 6.07) is 0. The van der Waals surface area contributed by atoms with Crippen molar-refractivity contribution in [1.82, 2.24) is 4.90 Å². The Hall–Kier alpha value is -0.770. The molecule has 0 atom stereocenters. The van der Waals surface area contributed by atoms with Crippen LogP contribution in [0.5, 0.6) is 0 Å². The van der Waals surface area contributed by atoms with E-state index in [1.165, 1.54) is 0 Å². The van der Waals surface area contributed by atoms with Crippen LogP contribution in [-0.4, -0.2) is 37.2 Å². The van der Waals surface area contributed by atoms with Crippen LogP contribution in [0.3, 0.4) is 0 Å². The fourth-order valence-corrected chi connectivity index (χ4v) is 0.987. The average molecular weight is 143 g/mol. The highest BCUT2D eigenvalue weighted by Gasteiger charge is 2.08. The van der Waals surface area contributed by atoms with Gasteiger partial charge in [0.15, 0.2) is 5.96 Å². The molecular weight excluding hydrogens is 130 g/mol. The van der Waals surface area contributed by atoms with E-state index in [-0.39, 0.29) is 5.96 Å². The third-order valence-electron chi connectivity index (χ3n) is 1.56. The van der Waals surface area contributed by atoms with Crippen LogP contribution in [0.15, 0.2) is 0 Å². The summed E-state index contributed by atoms with van der Waals surface area (Å²) in [5, 5.41) is 7.13. The van der Waals surface area contributed by atoms with Crippen LogP contribution in [-0.2, 0) is 4.74 Å². The van der Waals surface area contributed by atoms with E-state index in [1.54, 1.807) is 0 Å². The van der Waals surface area contributed by atoms with Crippen molar-refractivity contribution in [2.45, 2.75) is 6.42 Å². The first kappa shape index (κ1) is 7.34. The minimum Gasteiger partial charge on any atom is -0.380 e. The van der Waals surface area contributed by atoms with Gasteiger partial charge < -0.3 is 15.4 Å². The maximum Gasteiger partial charge on any atom is 0.188 e. The lowest BCUT2D eigenvalue weighted by molar-refractivity contribution is 0.147. The van der Waals surface area contributed by atoms with Gasteiger partial charge in [-0.25, -0.2) is 0 Å². The summed E-state index contributed by atoms with van der Waals surface area (Å²) in [7, 11) is 0. The monoisotopic (exact) mass is 143 g/mol. The molecule has 3 N–H and O–H groups in total. The third kappa shape index (κ3) is 1.88. The molecular formula is C6H13N3O. The number of guanidine groups is 1. The van der Waals surface area contributed by atoms with Gasteiger partial charge in [-0.3, -0.25) is 5.41 Å². The number of hydrogen-bond acceptors (Lipinski definition) is 2. The molecule has 0 saturated carbocycles. The van der Waals surface area contributed by atoms with E-state index in [2.05, 4.69) is 0 Å². The molecule has 0 aromatic rings. The molecule has 0 radical (unpaired) electrons. The molecule has 58 valence electrons. The van der Waals surface area contributed by atoms with E-state index in [1.807, 2.05) is 4.90 Å². The largest absolute Gasteiger partial charge is 0.380 e. The van der Waals surface area contributed by atoms with Gasteiger partial charge in [0.25, 0.3) is 0 Å². The highest BCUT2D eigenvalue weighted by molar-refractivity contribution is 5.74. The summed E-state index contributed by atoms with van der Waals surface area (Å²) in [4.78, 5) is 1.83. The summed E-state index contributed by atoms with van der Waals surface area (Å²) in [5.74, 6) is 0.158. The van der Waals surface area contributed by atoms with Gasteiger partial charge in [-0.05, 0) is 6.42 Å². The van der Waals surface area contributed by atoms with E-state index in [0.717, 1.165) is 26.1 Å². The van der Waals surface area contributed by atoms with Gasteiger partial charge in [-0.15, -0.1) is 0 Å². The maximum absolute atomic E-state index is 7.13. The molecule has 4 heteroatoms. The second-order valence-corrected chi connectivity index (χ2v) is 2.34. The van der Waals surface area contributed by atoms with Crippen LogP contribution in [0, 0.1) is 5.41 Å².